The van der Waals surface area contributed by atoms with Gasteiger partial charge in [-0.25, -0.2) is 0 Å². The van der Waals surface area contributed by atoms with Crippen molar-refractivity contribution in [1.29, 1.82) is 0 Å². The predicted molar refractivity (Wildman–Crippen MR) is 49.9 cm³/mol. The molecule has 0 aliphatic carbocycles. The van der Waals surface area contributed by atoms with Gasteiger partial charge in [-0.1, -0.05) is 26.3 Å². The van der Waals surface area contributed by atoms with Crippen LogP contribution in [0.4, 0.5) is 0 Å². The van der Waals surface area contributed by atoms with Gasteiger partial charge in [-0.15, -0.1) is 0 Å². The van der Waals surface area contributed by atoms with Crippen LogP contribution in [0.1, 0.15) is 40.0 Å². The minimum absolute atomic E-state index is 0.201. The summed E-state index contributed by atoms with van der Waals surface area (Å²) >= 11 is 0. The third-order valence-electron chi connectivity index (χ3n) is 1.52. The van der Waals surface area contributed by atoms with Crippen molar-refractivity contribution in [3.8, 4) is 0 Å². The Kier molecular flexibility index (Phi) is 6.44. The first-order valence-electron chi connectivity index (χ1n) is 4.52. The first kappa shape index (κ1) is 11.2. The summed E-state index contributed by atoms with van der Waals surface area (Å²) in [5.41, 5.74) is 1.23. The number of allylic oxidation sites excluding steroid dienone is 1. The number of carbonyl (C=O) groups is 1. The Bertz CT molecular complexity index is 159. The van der Waals surface area contributed by atoms with Crippen LogP contribution < -0.4 is 0 Å². The standard InChI is InChI=1S/C10H18O2/c1-4-6-10(7-5-2)8-12-9(3)11/h6H,4-5,7-8H2,1-3H3/b10-6+. The lowest BCUT2D eigenvalue weighted by Crippen LogP contribution is -2.03. The maximum Gasteiger partial charge on any atom is 0.302 e. The fourth-order valence-corrected chi connectivity index (χ4v) is 1.04. The van der Waals surface area contributed by atoms with Gasteiger partial charge in [0.15, 0.2) is 0 Å². The fraction of sp³-hybridized carbons (Fsp3) is 0.700. The molecule has 0 saturated heterocycles. The largest absolute Gasteiger partial charge is 0.461 e. The molecule has 0 unspecified atom stereocenters. The summed E-state index contributed by atoms with van der Waals surface area (Å²) in [7, 11) is 0. The summed E-state index contributed by atoms with van der Waals surface area (Å²) in [4.78, 5) is 10.5. The Morgan fingerprint density at radius 3 is 2.50 bits per heavy atom. The highest BCUT2D eigenvalue weighted by molar-refractivity contribution is 5.66. The highest BCUT2D eigenvalue weighted by Crippen LogP contribution is 2.06. The van der Waals surface area contributed by atoms with Crippen molar-refractivity contribution in [1.82, 2.24) is 0 Å². The van der Waals surface area contributed by atoms with Gasteiger partial charge in [0.05, 0.1) is 0 Å². The first-order valence-corrected chi connectivity index (χ1v) is 4.52. The summed E-state index contributed by atoms with van der Waals surface area (Å²) < 4.78 is 4.90. The molecule has 12 heavy (non-hydrogen) atoms. The summed E-state index contributed by atoms with van der Waals surface area (Å²) in [5.74, 6) is -0.201. The van der Waals surface area contributed by atoms with E-state index in [1.807, 2.05) is 0 Å². The van der Waals surface area contributed by atoms with Crippen molar-refractivity contribution in [3.63, 3.8) is 0 Å². The van der Waals surface area contributed by atoms with Crippen molar-refractivity contribution in [2.24, 2.45) is 0 Å². The van der Waals surface area contributed by atoms with Crippen molar-refractivity contribution in [2.45, 2.75) is 40.0 Å². The summed E-state index contributed by atoms with van der Waals surface area (Å²) in [5, 5.41) is 0. The van der Waals surface area contributed by atoms with Crippen LogP contribution in [0.25, 0.3) is 0 Å². The van der Waals surface area contributed by atoms with E-state index in [1.165, 1.54) is 12.5 Å². The van der Waals surface area contributed by atoms with Crippen molar-refractivity contribution < 1.29 is 9.53 Å². The number of carbonyl (C=O) groups excluding carboxylic acids is 1. The van der Waals surface area contributed by atoms with Gasteiger partial charge in [0.2, 0.25) is 0 Å². The SMILES string of the molecule is CC/C=C(\CCC)COC(C)=O. The normalized spacial score (nSPS) is 11.4. The van der Waals surface area contributed by atoms with Gasteiger partial charge < -0.3 is 4.74 Å². The highest BCUT2D eigenvalue weighted by atomic mass is 16.5. The number of rotatable bonds is 5. The van der Waals surface area contributed by atoms with Crippen LogP contribution in [-0.4, -0.2) is 12.6 Å². The van der Waals surface area contributed by atoms with Crippen LogP contribution in [0, 0.1) is 0 Å². The maximum absolute atomic E-state index is 10.5. The lowest BCUT2D eigenvalue weighted by atomic mass is 10.1. The Balaban J connectivity index is 3.79. The van der Waals surface area contributed by atoms with Gasteiger partial charge >= 0.3 is 5.97 Å². The molecule has 0 bridgehead atoms. The predicted octanol–water partition coefficient (Wildman–Crippen LogP) is 2.69. The Morgan fingerprint density at radius 1 is 1.42 bits per heavy atom. The van der Waals surface area contributed by atoms with Gasteiger partial charge in [-0.2, -0.15) is 0 Å². The molecule has 0 aliphatic heterocycles. The average molecular weight is 170 g/mol. The number of esters is 1. The molecule has 2 nitrogen and oxygen atoms in total. The quantitative estimate of drug-likeness (QED) is 0.468. The van der Waals surface area contributed by atoms with Crippen LogP contribution in [0.2, 0.25) is 0 Å². The van der Waals surface area contributed by atoms with Crippen LogP contribution >= 0.6 is 0 Å². The van der Waals surface area contributed by atoms with Gasteiger partial charge in [-0.05, 0) is 18.4 Å². The molecule has 0 aliphatic rings. The second-order valence-corrected chi connectivity index (χ2v) is 2.80. The maximum atomic E-state index is 10.5. The fourth-order valence-electron chi connectivity index (χ4n) is 1.04. The third kappa shape index (κ3) is 5.96. The molecule has 0 fully saturated rings. The Labute approximate surface area is 74.6 Å². The molecule has 70 valence electrons. The molecule has 0 atom stereocenters. The van der Waals surface area contributed by atoms with E-state index in [0.29, 0.717) is 6.61 Å². The molecule has 0 saturated carbocycles. The van der Waals surface area contributed by atoms with E-state index >= 15 is 0 Å². The Morgan fingerprint density at radius 2 is 2.08 bits per heavy atom. The monoisotopic (exact) mass is 170 g/mol. The van der Waals surface area contributed by atoms with E-state index in [1.54, 1.807) is 0 Å². The smallest absolute Gasteiger partial charge is 0.302 e. The van der Waals surface area contributed by atoms with Crippen LogP contribution in [0.5, 0.6) is 0 Å². The number of hydrogen-bond donors (Lipinski definition) is 0. The van der Waals surface area contributed by atoms with Crippen LogP contribution in [-0.2, 0) is 9.53 Å². The van der Waals surface area contributed by atoms with Crippen LogP contribution in [0.15, 0.2) is 11.6 Å². The van der Waals surface area contributed by atoms with E-state index in [2.05, 4.69) is 19.9 Å². The number of ether oxygens (including phenoxy) is 1. The minimum Gasteiger partial charge on any atom is -0.461 e. The lowest BCUT2D eigenvalue weighted by molar-refractivity contribution is -0.140. The molecule has 0 aromatic carbocycles. The lowest BCUT2D eigenvalue weighted by Gasteiger charge is -2.05. The van der Waals surface area contributed by atoms with E-state index < -0.39 is 0 Å². The van der Waals surface area contributed by atoms with E-state index in [9.17, 15) is 4.79 Å². The molecular formula is C10H18O2. The molecule has 0 N–H and O–H groups in total. The zero-order valence-corrected chi connectivity index (χ0v) is 8.22. The zero-order chi connectivity index (χ0) is 9.40. The van der Waals surface area contributed by atoms with Gasteiger partial charge in [0.1, 0.15) is 6.61 Å². The van der Waals surface area contributed by atoms with E-state index in [4.69, 9.17) is 4.74 Å². The van der Waals surface area contributed by atoms with Crippen molar-refractivity contribution in [3.05, 3.63) is 11.6 Å². The molecule has 0 spiro atoms. The summed E-state index contributed by atoms with van der Waals surface area (Å²) in [6.07, 6.45) is 5.28. The minimum atomic E-state index is -0.201. The second-order valence-electron chi connectivity index (χ2n) is 2.80. The van der Waals surface area contributed by atoms with Crippen molar-refractivity contribution >= 4 is 5.97 Å². The van der Waals surface area contributed by atoms with E-state index in [0.717, 1.165) is 19.3 Å². The third-order valence-corrected chi connectivity index (χ3v) is 1.52. The molecule has 0 aromatic heterocycles. The molecule has 0 amide bonds. The molecule has 0 radical (unpaired) electrons. The second kappa shape index (κ2) is 6.89. The molecule has 0 rings (SSSR count). The molecule has 0 aromatic rings. The first-order chi connectivity index (χ1) is 5.70. The summed E-state index contributed by atoms with van der Waals surface area (Å²) in [6, 6.07) is 0. The van der Waals surface area contributed by atoms with Gasteiger partial charge in [-0.3, -0.25) is 4.79 Å². The average Bonchev–Trinajstić information content (AvgIpc) is 2.01. The van der Waals surface area contributed by atoms with Gasteiger partial charge in [0.25, 0.3) is 0 Å². The molecular weight excluding hydrogens is 152 g/mol. The molecule has 2 heteroatoms. The topological polar surface area (TPSA) is 26.3 Å². The summed E-state index contributed by atoms with van der Waals surface area (Å²) in [6.45, 7) is 6.12. The molecule has 0 heterocycles. The van der Waals surface area contributed by atoms with Gasteiger partial charge in [0, 0.05) is 6.92 Å². The zero-order valence-electron chi connectivity index (χ0n) is 8.22. The van der Waals surface area contributed by atoms with Crippen molar-refractivity contribution in [2.75, 3.05) is 6.61 Å². The van der Waals surface area contributed by atoms with E-state index in [-0.39, 0.29) is 5.97 Å². The Hall–Kier alpha value is -0.790. The van der Waals surface area contributed by atoms with Crippen LogP contribution in [0.3, 0.4) is 0 Å². The number of hydrogen-bond acceptors (Lipinski definition) is 2. The highest BCUT2D eigenvalue weighted by Gasteiger charge is 1.97.